The highest BCUT2D eigenvalue weighted by molar-refractivity contribution is 7.09. The van der Waals surface area contributed by atoms with Crippen LogP contribution in [0.25, 0.3) is 0 Å². The molecule has 0 saturated carbocycles. The van der Waals surface area contributed by atoms with Crippen molar-refractivity contribution in [2.45, 2.75) is 25.3 Å². The van der Waals surface area contributed by atoms with Gasteiger partial charge in [-0.15, -0.1) is 11.3 Å². The molecule has 0 aliphatic heterocycles. The van der Waals surface area contributed by atoms with Gasteiger partial charge < -0.3 is 4.74 Å². The normalized spacial score (nSPS) is 12.3. The molecule has 0 bridgehead atoms. The van der Waals surface area contributed by atoms with Crippen LogP contribution in [0.2, 0.25) is 0 Å². The van der Waals surface area contributed by atoms with Gasteiger partial charge in [0.2, 0.25) is 0 Å². The summed E-state index contributed by atoms with van der Waals surface area (Å²) in [4.78, 5) is 4.29. The summed E-state index contributed by atoms with van der Waals surface area (Å²) in [6.07, 6.45) is 4.69. The molecule has 0 saturated heterocycles. The lowest BCUT2D eigenvalue weighted by Gasteiger charge is -2.14. The maximum Gasteiger partial charge on any atom is 0.118 e. The Bertz CT molecular complexity index is 470. The van der Waals surface area contributed by atoms with Gasteiger partial charge in [0, 0.05) is 24.0 Å². The number of aromatic nitrogens is 1. The third-order valence-corrected chi connectivity index (χ3v) is 3.88. The SMILES string of the molecule is COc1ccc(CCC(Cc2nccs2)NN)cc1. The molecule has 0 spiro atoms. The number of thiazole rings is 1. The first-order chi connectivity index (χ1) is 9.31. The molecule has 1 atom stereocenters. The minimum absolute atomic E-state index is 0.258. The number of nitrogens with one attached hydrogen (secondary N) is 1. The number of hydrogen-bond acceptors (Lipinski definition) is 5. The van der Waals surface area contributed by atoms with Gasteiger partial charge >= 0.3 is 0 Å². The van der Waals surface area contributed by atoms with Gasteiger partial charge in [0.15, 0.2) is 0 Å². The van der Waals surface area contributed by atoms with Gasteiger partial charge in [0.05, 0.1) is 12.1 Å². The molecule has 5 heteroatoms. The lowest BCUT2D eigenvalue weighted by molar-refractivity contribution is 0.414. The monoisotopic (exact) mass is 277 g/mol. The molecule has 102 valence electrons. The smallest absolute Gasteiger partial charge is 0.118 e. The Kier molecular flexibility index (Phi) is 5.32. The maximum absolute atomic E-state index is 5.61. The van der Waals surface area contributed by atoms with Crippen LogP contribution in [-0.2, 0) is 12.8 Å². The van der Waals surface area contributed by atoms with Crippen LogP contribution < -0.4 is 16.0 Å². The van der Waals surface area contributed by atoms with Gasteiger partial charge in [-0.25, -0.2) is 4.98 Å². The molecule has 19 heavy (non-hydrogen) atoms. The van der Waals surface area contributed by atoms with E-state index in [1.54, 1.807) is 18.4 Å². The largest absolute Gasteiger partial charge is 0.497 e. The van der Waals surface area contributed by atoms with Crippen molar-refractivity contribution in [3.63, 3.8) is 0 Å². The molecule has 1 aromatic carbocycles. The van der Waals surface area contributed by atoms with E-state index in [9.17, 15) is 0 Å². The third kappa shape index (κ3) is 4.31. The zero-order chi connectivity index (χ0) is 13.5. The number of aryl methyl sites for hydroxylation is 1. The van der Waals surface area contributed by atoms with E-state index in [0.717, 1.165) is 30.0 Å². The van der Waals surface area contributed by atoms with Crippen molar-refractivity contribution in [2.75, 3.05) is 7.11 Å². The fourth-order valence-corrected chi connectivity index (χ4v) is 2.64. The molecule has 1 aromatic heterocycles. The fourth-order valence-electron chi connectivity index (χ4n) is 1.94. The molecule has 1 unspecified atom stereocenters. The lowest BCUT2D eigenvalue weighted by atomic mass is 10.0. The predicted octanol–water partition coefficient (Wildman–Crippen LogP) is 2.16. The predicted molar refractivity (Wildman–Crippen MR) is 78.2 cm³/mol. The van der Waals surface area contributed by atoms with Crippen LogP contribution in [0.1, 0.15) is 17.0 Å². The molecular formula is C14H19N3OS. The van der Waals surface area contributed by atoms with Gasteiger partial charge in [-0.3, -0.25) is 11.3 Å². The van der Waals surface area contributed by atoms with Crippen molar-refractivity contribution >= 4 is 11.3 Å². The summed E-state index contributed by atoms with van der Waals surface area (Å²) in [6, 6.07) is 8.42. The minimum Gasteiger partial charge on any atom is -0.497 e. The second-order valence-corrected chi connectivity index (χ2v) is 5.36. The molecule has 2 aromatic rings. The highest BCUT2D eigenvalue weighted by Crippen LogP contribution is 2.15. The van der Waals surface area contributed by atoms with Crippen LogP contribution in [-0.4, -0.2) is 18.1 Å². The quantitative estimate of drug-likeness (QED) is 0.601. The average Bonchev–Trinajstić information content (AvgIpc) is 2.97. The van der Waals surface area contributed by atoms with Crippen molar-refractivity contribution in [1.29, 1.82) is 0 Å². The highest BCUT2D eigenvalue weighted by Gasteiger charge is 2.09. The number of hydrazine groups is 1. The number of rotatable bonds is 7. The standard InChI is InChI=1S/C14H19N3OS/c1-18-13-6-3-11(4-7-13)2-5-12(17-15)10-14-16-8-9-19-14/h3-4,6-9,12,17H,2,5,10,15H2,1H3. The number of hydrogen-bond donors (Lipinski definition) is 2. The Morgan fingerprint density at radius 1 is 1.37 bits per heavy atom. The molecule has 0 radical (unpaired) electrons. The van der Waals surface area contributed by atoms with E-state index in [1.807, 2.05) is 23.7 Å². The minimum atomic E-state index is 0.258. The number of methoxy groups -OCH3 is 1. The molecule has 2 rings (SSSR count). The van der Waals surface area contributed by atoms with Crippen LogP contribution in [0, 0.1) is 0 Å². The number of nitrogens with zero attached hydrogens (tertiary/aromatic N) is 1. The van der Waals surface area contributed by atoms with E-state index in [-0.39, 0.29) is 6.04 Å². The number of ether oxygens (including phenoxy) is 1. The topological polar surface area (TPSA) is 60.2 Å². The molecule has 0 aliphatic carbocycles. The Labute approximate surface area is 117 Å². The van der Waals surface area contributed by atoms with E-state index in [2.05, 4.69) is 22.5 Å². The number of nitrogens with two attached hydrogens (primary N) is 1. The molecule has 0 aliphatic rings. The van der Waals surface area contributed by atoms with Gasteiger partial charge in [0.25, 0.3) is 0 Å². The summed E-state index contributed by atoms with van der Waals surface area (Å²) in [5.74, 6) is 6.49. The Morgan fingerprint density at radius 3 is 2.74 bits per heavy atom. The summed E-state index contributed by atoms with van der Waals surface area (Å²) < 4.78 is 5.15. The van der Waals surface area contributed by atoms with E-state index in [0.29, 0.717) is 0 Å². The van der Waals surface area contributed by atoms with Gasteiger partial charge in [0.1, 0.15) is 5.75 Å². The van der Waals surface area contributed by atoms with Gasteiger partial charge in [-0.05, 0) is 30.5 Å². The van der Waals surface area contributed by atoms with Crippen molar-refractivity contribution in [2.24, 2.45) is 5.84 Å². The second-order valence-electron chi connectivity index (χ2n) is 4.38. The zero-order valence-corrected chi connectivity index (χ0v) is 11.8. The summed E-state index contributed by atoms with van der Waals surface area (Å²) in [7, 11) is 1.68. The van der Waals surface area contributed by atoms with Crippen molar-refractivity contribution < 1.29 is 4.74 Å². The lowest BCUT2D eigenvalue weighted by Crippen LogP contribution is -2.37. The number of benzene rings is 1. The summed E-state index contributed by atoms with van der Waals surface area (Å²) in [5, 5.41) is 3.12. The highest BCUT2D eigenvalue weighted by atomic mass is 32.1. The van der Waals surface area contributed by atoms with Crippen LogP contribution in [0.4, 0.5) is 0 Å². The first-order valence-corrected chi connectivity index (χ1v) is 7.17. The van der Waals surface area contributed by atoms with E-state index in [4.69, 9.17) is 10.6 Å². The summed E-state index contributed by atoms with van der Waals surface area (Å²) >= 11 is 1.67. The van der Waals surface area contributed by atoms with Crippen LogP contribution in [0.3, 0.4) is 0 Å². The molecular weight excluding hydrogens is 258 g/mol. The third-order valence-electron chi connectivity index (χ3n) is 3.08. The fraction of sp³-hybridized carbons (Fsp3) is 0.357. The van der Waals surface area contributed by atoms with Gasteiger partial charge in [-0.2, -0.15) is 0 Å². The Balaban J connectivity index is 1.84. The first kappa shape index (κ1) is 14.0. The van der Waals surface area contributed by atoms with Crippen molar-refractivity contribution in [3.05, 3.63) is 46.4 Å². The summed E-state index contributed by atoms with van der Waals surface area (Å²) in [6.45, 7) is 0. The van der Waals surface area contributed by atoms with Crippen molar-refractivity contribution in [3.8, 4) is 5.75 Å². The van der Waals surface area contributed by atoms with E-state index in [1.165, 1.54) is 5.56 Å². The molecule has 0 fully saturated rings. The van der Waals surface area contributed by atoms with Crippen LogP contribution >= 0.6 is 11.3 Å². The molecule has 1 heterocycles. The maximum atomic E-state index is 5.61. The second kappa shape index (κ2) is 7.23. The average molecular weight is 277 g/mol. The van der Waals surface area contributed by atoms with Crippen molar-refractivity contribution in [1.82, 2.24) is 10.4 Å². The zero-order valence-electron chi connectivity index (χ0n) is 11.0. The van der Waals surface area contributed by atoms with E-state index >= 15 is 0 Å². The Hall–Kier alpha value is -1.43. The van der Waals surface area contributed by atoms with Crippen LogP contribution in [0.5, 0.6) is 5.75 Å². The first-order valence-electron chi connectivity index (χ1n) is 6.29. The van der Waals surface area contributed by atoms with Crippen LogP contribution in [0.15, 0.2) is 35.8 Å². The summed E-state index contributed by atoms with van der Waals surface area (Å²) in [5.41, 5.74) is 4.17. The van der Waals surface area contributed by atoms with E-state index < -0.39 is 0 Å². The van der Waals surface area contributed by atoms with Gasteiger partial charge in [-0.1, -0.05) is 12.1 Å². The molecule has 3 N–H and O–H groups in total. The molecule has 0 amide bonds. The Morgan fingerprint density at radius 2 is 2.16 bits per heavy atom. The molecule has 4 nitrogen and oxygen atoms in total.